The molecule has 0 saturated carbocycles. The standard InChI is InChI=1S/C16H15F3N4O/c1-11-9-14(23(22-11)8-2-7-20)21-15(24)10-12-3-5-13(6-4-12)16(17,18)19/h3-6,9H,2,8,10H2,1H3,(H,21,24). The maximum absolute atomic E-state index is 12.5. The summed E-state index contributed by atoms with van der Waals surface area (Å²) < 4.78 is 39.0. The van der Waals surface area contributed by atoms with Gasteiger partial charge in [-0.15, -0.1) is 0 Å². The molecule has 1 aromatic carbocycles. The molecular formula is C16H15F3N4O. The van der Waals surface area contributed by atoms with Crippen molar-refractivity contribution in [3.05, 3.63) is 47.2 Å². The number of alkyl halides is 3. The van der Waals surface area contributed by atoms with Gasteiger partial charge in [-0.05, 0) is 24.6 Å². The predicted molar refractivity (Wildman–Crippen MR) is 81.0 cm³/mol. The molecule has 0 aliphatic carbocycles. The van der Waals surface area contributed by atoms with E-state index in [-0.39, 0.29) is 18.7 Å². The monoisotopic (exact) mass is 336 g/mol. The molecule has 1 N–H and O–H groups in total. The van der Waals surface area contributed by atoms with Crippen LogP contribution < -0.4 is 5.32 Å². The molecular weight excluding hydrogens is 321 g/mol. The highest BCUT2D eigenvalue weighted by atomic mass is 19.4. The fourth-order valence-electron chi connectivity index (χ4n) is 2.16. The molecule has 126 valence electrons. The largest absolute Gasteiger partial charge is 0.416 e. The Morgan fingerprint density at radius 1 is 1.33 bits per heavy atom. The number of anilines is 1. The second kappa shape index (κ2) is 7.17. The van der Waals surface area contributed by atoms with Crippen LogP contribution >= 0.6 is 0 Å². The Bertz CT molecular complexity index is 757. The maximum atomic E-state index is 12.5. The molecule has 0 unspecified atom stereocenters. The van der Waals surface area contributed by atoms with E-state index in [2.05, 4.69) is 10.4 Å². The number of benzene rings is 1. The molecule has 2 aromatic rings. The molecule has 0 aliphatic heterocycles. The summed E-state index contributed by atoms with van der Waals surface area (Å²) in [7, 11) is 0. The van der Waals surface area contributed by atoms with Crippen LogP contribution in [0.3, 0.4) is 0 Å². The topological polar surface area (TPSA) is 70.7 Å². The van der Waals surface area contributed by atoms with Gasteiger partial charge in [-0.2, -0.15) is 23.5 Å². The van der Waals surface area contributed by atoms with E-state index in [1.54, 1.807) is 13.0 Å². The molecule has 0 bridgehead atoms. The molecule has 0 saturated heterocycles. The number of aromatic nitrogens is 2. The number of amides is 1. The van der Waals surface area contributed by atoms with E-state index in [1.165, 1.54) is 16.8 Å². The van der Waals surface area contributed by atoms with E-state index >= 15 is 0 Å². The van der Waals surface area contributed by atoms with Crippen molar-refractivity contribution >= 4 is 11.7 Å². The van der Waals surface area contributed by atoms with Crippen LogP contribution in [-0.2, 0) is 23.9 Å². The van der Waals surface area contributed by atoms with E-state index in [1.807, 2.05) is 6.07 Å². The first kappa shape index (κ1) is 17.5. The fourth-order valence-corrected chi connectivity index (χ4v) is 2.16. The van der Waals surface area contributed by atoms with Gasteiger partial charge in [0.1, 0.15) is 5.82 Å². The summed E-state index contributed by atoms with van der Waals surface area (Å²) in [6.07, 6.45) is -4.20. The van der Waals surface area contributed by atoms with Crippen molar-refractivity contribution < 1.29 is 18.0 Å². The molecule has 2 rings (SSSR count). The van der Waals surface area contributed by atoms with Gasteiger partial charge in [-0.1, -0.05) is 12.1 Å². The smallest absolute Gasteiger partial charge is 0.311 e. The molecule has 24 heavy (non-hydrogen) atoms. The summed E-state index contributed by atoms with van der Waals surface area (Å²) in [4.78, 5) is 12.1. The Balaban J connectivity index is 2.02. The average molecular weight is 336 g/mol. The summed E-state index contributed by atoms with van der Waals surface area (Å²) in [6.45, 7) is 2.11. The molecule has 1 aromatic heterocycles. The number of nitrogens with zero attached hydrogens (tertiary/aromatic N) is 3. The predicted octanol–water partition coefficient (Wildman–Crippen LogP) is 3.31. The van der Waals surface area contributed by atoms with Crippen molar-refractivity contribution in [2.45, 2.75) is 32.5 Å². The minimum absolute atomic E-state index is 0.0549. The summed E-state index contributed by atoms with van der Waals surface area (Å²) >= 11 is 0. The van der Waals surface area contributed by atoms with Crippen LogP contribution in [0.1, 0.15) is 23.2 Å². The molecule has 5 nitrogen and oxygen atoms in total. The third-order valence-electron chi connectivity index (χ3n) is 3.25. The van der Waals surface area contributed by atoms with Gasteiger partial charge in [0.15, 0.2) is 0 Å². The Morgan fingerprint density at radius 3 is 2.58 bits per heavy atom. The summed E-state index contributed by atoms with van der Waals surface area (Å²) in [5.41, 5.74) is 0.412. The van der Waals surface area contributed by atoms with Gasteiger partial charge in [0.05, 0.1) is 36.7 Å². The first-order valence-electron chi connectivity index (χ1n) is 7.17. The number of aryl methyl sites for hydroxylation is 2. The van der Waals surface area contributed by atoms with Crippen molar-refractivity contribution in [1.29, 1.82) is 5.26 Å². The molecule has 0 atom stereocenters. The van der Waals surface area contributed by atoms with Crippen LogP contribution in [-0.4, -0.2) is 15.7 Å². The van der Waals surface area contributed by atoms with Crippen molar-refractivity contribution in [3.63, 3.8) is 0 Å². The first-order valence-corrected chi connectivity index (χ1v) is 7.17. The second-order valence-corrected chi connectivity index (χ2v) is 5.22. The zero-order valence-electron chi connectivity index (χ0n) is 12.9. The number of rotatable bonds is 5. The lowest BCUT2D eigenvalue weighted by atomic mass is 10.1. The minimum Gasteiger partial charge on any atom is -0.311 e. The summed E-state index contributed by atoms with van der Waals surface area (Å²) in [5.74, 6) is 0.0903. The van der Waals surface area contributed by atoms with Gasteiger partial charge >= 0.3 is 6.18 Å². The maximum Gasteiger partial charge on any atom is 0.416 e. The quantitative estimate of drug-likeness (QED) is 0.911. The minimum atomic E-state index is -4.40. The van der Waals surface area contributed by atoms with E-state index in [0.717, 1.165) is 12.1 Å². The van der Waals surface area contributed by atoms with Crippen LogP contribution in [0.5, 0.6) is 0 Å². The Morgan fingerprint density at radius 2 is 2.00 bits per heavy atom. The number of hydrogen-bond donors (Lipinski definition) is 1. The van der Waals surface area contributed by atoms with Gasteiger partial charge in [0.25, 0.3) is 0 Å². The highest BCUT2D eigenvalue weighted by Gasteiger charge is 2.29. The molecule has 8 heteroatoms. The normalized spacial score (nSPS) is 11.1. The number of nitrogens with one attached hydrogen (secondary N) is 1. The highest BCUT2D eigenvalue weighted by Crippen LogP contribution is 2.29. The van der Waals surface area contributed by atoms with Crippen LogP contribution in [0.15, 0.2) is 30.3 Å². The van der Waals surface area contributed by atoms with Crippen LogP contribution in [0.2, 0.25) is 0 Å². The number of nitriles is 1. The van der Waals surface area contributed by atoms with Crippen molar-refractivity contribution in [2.75, 3.05) is 5.32 Å². The number of hydrogen-bond acceptors (Lipinski definition) is 3. The number of carbonyl (C=O) groups excluding carboxylic acids is 1. The van der Waals surface area contributed by atoms with Crippen molar-refractivity contribution in [1.82, 2.24) is 9.78 Å². The van der Waals surface area contributed by atoms with E-state index < -0.39 is 11.7 Å². The van der Waals surface area contributed by atoms with Gasteiger partial charge in [-0.3, -0.25) is 4.79 Å². The SMILES string of the molecule is Cc1cc(NC(=O)Cc2ccc(C(F)(F)F)cc2)n(CCC#N)n1. The van der Waals surface area contributed by atoms with Crippen LogP contribution in [0.25, 0.3) is 0 Å². The molecule has 0 radical (unpaired) electrons. The summed E-state index contributed by atoms with van der Waals surface area (Å²) in [5, 5.41) is 15.5. The molecule has 0 fully saturated rings. The highest BCUT2D eigenvalue weighted by molar-refractivity contribution is 5.91. The van der Waals surface area contributed by atoms with Gasteiger partial charge in [0.2, 0.25) is 5.91 Å². The van der Waals surface area contributed by atoms with Crippen LogP contribution in [0.4, 0.5) is 19.0 Å². The van der Waals surface area contributed by atoms with E-state index in [9.17, 15) is 18.0 Å². The lowest BCUT2D eigenvalue weighted by Crippen LogP contribution is -2.17. The van der Waals surface area contributed by atoms with Crippen LogP contribution in [0, 0.1) is 18.3 Å². The van der Waals surface area contributed by atoms with Crippen molar-refractivity contribution in [2.24, 2.45) is 0 Å². The molecule has 0 spiro atoms. The first-order chi connectivity index (χ1) is 11.3. The second-order valence-electron chi connectivity index (χ2n) is 5.22. The number of halogens is 3. The zero-order valence-corrected chi connectivity index (χ0v) is 12.9. The fraction of sp³-hybridized carbons (Fsp3) is 0.312. The average Bonchev–Trinajstić information content (AvgIpc) is 2.84. The Kier molecular flexibility index (Phi) is 5.24. The molecule has 1 amide bonds. The van der Waals surface area contributed by atoms with Crippen molar-refractivity contribution in [3.8, 4) is 6.07 Å². The lowest BCUT2D eigenvalue weighted by Gasteiger charge is -2.09. The molecule has 1 heterocycles. The number of carbonyl (C=O) groups is 1. The Hall–Kier alpha value is -2.82. The van der Waals surface area contributed by atoms with Gasteiger partial charge in [-0.25, -0.2) is 4.68 Å². The van der Waals surface area contributed by atoms with E-state index in [0.29, 0.717) is 23.6 Å². The third-order valence-corrected chi connectivity index (χ3v) is 3.25. The third kappa shape index (κ3) is 4.59. The van der Waals surface area contributed by atoms with E-state index in [4.69, 9.17) is 5.26 Å². The Labute approximate surface area is 136 Å². The summed E-state index contributed by atoms with van der Waals surface area (Å²) in [6, 6.07) is 8.12. The lowest BCUT2D eigenvalue weighted by molar-refractivity contribution is -0.137. The van der Waals surface area contributed by atoms with Gasteiger partial charge in [0, 0.05) is 6.07 Å². The molecule has 0 aliphatic rings. The zero-order chi connectivity index (χ0) is 17.7. The van der Waals surface area contributed by atoms with Gasteiger partial charge < -0.3 is 5.32 Å².